The number of hydrogen-bond donors (Lipinski definition) is 0. The smallest absolute Gasteiger partial charge is 0.163 e. The fourth-order valence-electron chi connectivity index (χ4n) is 1.57. The van der Waals surface area contributed by atoms with Crippen molar-refractivity contribution in [1.82, 2.24) is 0 Å². The molecule has 0 amide bonds. The third-order valence-corrected chi connectivity index (χ3v) is 2.60. The van der Waals surface area contributed by atoms with Crippen molar-refractivity contribution < 1.29 is 14.3 Å². The molecule has 3 nitrogen and oxygen atoms in total. The van der Waals surface area contributed by atoms with Crippen molar-refractivity contribution in [3.05, 3.63) is 0 Å². The second kappa shape index (κ2) is 4.22. The highest BCUT2D eigenvalue weighted by Crippen LogP contribution is 2.26. The summed E-state index contributed by atoms with van der Waals surface area (Å²) in [7, 11) is 0. The van der Waals surface area contributed by atoms with Gasteiger partial charge in [0.1, 0.15) is 5.78 Å². The number of ketones is 1. The van der Waals surface area contributed by atoms with Crippen LogP contribution in [0.5, 0.6) is 0 Å². The highest BCUT2D eigenvalue weighted by atomic mass is 16.7. The molecule has 0 bridgehead atoms. The van der Waals surface area contributed by atoms with E-state index in [-0.39, 0.29) is 17.3 Å². The average Bonchev–Trinajstić information content (AvgIpc) is 2.39. The molecule has 88 valence electrons. The summed E-state index contributed by atoms with van der Waals surface area (Å²) in [5.74, 6) is -0.189. The van der Waals surface area contributed by atoms with E-state index in [9.17, 15) is 4.79 Å². The average molecular weight is 214 g/mol. The van der Waals surface area contributed by atoms with Crippen molar-refractivity contribution in [2.45, 2.75) is 59.4 Å². The van der Waals surface area contributed by atoms with Crippen molar-refractivity contribution in [2.75, 3.05) is 6.61 Å². The molecule has 0 radical (unpaired) electrons. The normalized spacial score (nSPS) is 25.5. The molecule has 1 heterocycles. The zero-order chi connectivity index (χ0) is 11.7. The van der Waals surface area contributed by atoms with Gasteiger partial charge in [-0.3, -0.25) is 4.79 Å². The summed E-state index contributed by atoms with van der Waals surface area (Å²) in [5, 5.41) is 0. The summed E-state index contributed by atoms with van der Waals surface area (Å²) < 4.78 is 11.1. The molecule has 0 aromatic heterocycles. The van der Waals surface area contributed by atoms with Crippen LogP contribution >= 0.6 is 0 Å². The first-order chi connectivity index (χ1) is 6.71. The fraction of sp³-hybridized carbons (Fsp3) is 0.917. The maximum Gasteiger partial charge on any atom is 0.163 e. The van der Waals surface area contributed by atoms with E-state index in [1.807, 2.05) is 34.6 Å². The van der Waals surface area contributed by atoms with Gasteiger partial charge in [0, 0.05) is 11.8 Å². The second-order valence-corrected chi connectivity index (χ2v) is 5.66. The third kappa shape index (κ3) is 3.92. The fourth-order valence-corrected chi connectivity index (χ4v) is 1.57. The van der Waals surface area contributed by atoms with Crippen molar-refractivity contribution >= 4 is 5.78 Å². The number of carbonyl (C=O) groups is 1. The van der Waals surface area contributed by atoms with Gasteiger partial charge >= 0.3 is 0 Å². The van der Waals surface area contributed by atoms with Crippen molar-refractivity contribution in [3.8, 4) is 0 Å². The van der Waals surface area contributed by atoms with E-state index < -0.39 is 5.79 Å². The molecule has 1 unspecified atom stereocenters. The van der Waals surface area contributed by atoms with Crippen LogP contribution in [0.15, 0.2) is 0 Å². The van der Waals surface area contributed by atoms with Crippen molar-refractivity contribution in [3.63, 3.8) is 0 Å². The van der Waals surface area contributed by atoms with Crippen LogP contribution in [0.3, 0.4) is 0 Å². The van der Waals surface area contributed by atoms with E-state index in [4.69, 9.17) is 9.47 Å². The lowest BCUT2D eigenvalue weighted by Gasteiger charge is -2.19. The lowest BCUT2D eigenvalue weighted by molar-refractivity contribution is -0.141. The van der Waals surface area contributed by atoms with Gasteiger partial charge in [0.05, 0.1) is 12.7 Å². The standard InChI is InChI=1S/C12H22O3/c1-11(2,3)10(13)7-6-9-8-14-12(4,5)15-9/h9H,6-8H2,1-5H3. The van der Waals surface area contributed by atoms with Gasteiger partial charge in [-0.2, -0.15) is 0 Å². The molecule has 1 rings (SSSR count). The van der Waals surface area contributed by atoms with Crippen molar-refractivity contribution in [1.29, 1.82) is 0 Å². The summed E-state index contributed by atoms with van der Waals surface area (Å²) in [6, 6.07) is 0. The van der Waals surface area contributed by atoms with Crippen LogP contribution < -0.4 is 0 Å². The van der Waals surface area contributed by atoms with Crippen LogP contribution in [-0.2, 0) is 14.3 Å². The van der Waals surface area contributed by atoms with Gasteiger partial charge < -0.3 is 9.47 Å². The first-order valence-electron chi connectivity index (χ1n) is 5.56. The van der Waals surface area contributed by atoms with E-state index >= 15 is 0 Å². The van der Waals surface area contributed by atoms with Gasteiger partial charge in [0.15, 0.2) is 5.79 Å². The maximum atomic E-state index is 11.7. The number of ether oxygens (including phenoxy) is 2. The molecule has 0 aromatic rings. The molecule has 1 aliphatic heterocycles. The molecule has 15 heavy (non-hydrogen) atoms. The topological polar surface area (TPSA) is 35.5 Å². The predicted octanol–water partition coefficient (Wildman–Crippen LogP) is 2.53. The Morgan fingerprint density at radius 3 is 2.40 bits per heavy atom. The van der Waals surface area contributed by atoms with E-state index in [1.165, 1.54) is 0 Å². The second-order valence-electron chi connectivity index (χ2n) is 5.66. The first-order valence-corrected chi connectivity index (χ1v) is 5.56. The molecule has 1 saturated heterocycles. The molecule has 1 fully saturated rings. The molecule has 0 N–H and O–H groups in total. The Labute approximate surface area is 92.1 Å². The molecule has 0 aromatic carbocycles. The van der Waals surface area contributed by atoms with E-state index in [1.54, 1.807) is 0 Å². The lowest BCUT2D eigenvalue weighted by Crippen LogP contribution is -2.24. The molecule has 3 heteroatoms. The zero-order valence-corrected chi connectivity index (χ0v) is 10.4. The van der Waals surface area contributed by atoms with Gasteiger partial charge in [0.2, 0.25) is 0 Å². The Morgan fingerprint density at radius 1 is 1.40 bits per heavy atom. The van der Waals surface area contributed by atoms with Gasteiger partial charge in [0.25, 0.3) is 0 Å². The van der Waals surface area contributed by atoms with Gasteiger partial charge in [-0.15, -0.1) is 0 Å². The number of rotatable bonds is 3. The maximum absolute atomic E-state index is 11.7. The van der Waals surface area contributed by atoms with Crippen LogP contribution in [0.1, 0.15) is 47.5 Å². The minimum atomic E-state index is -0.477. The SMILES string of the molecule is CC1(C)OCC(CCC(=O)C(C)(C)C)O1. The Morgan fingerprint density at radius 2 is 2.00 bits per heavy atom. The molecule has 0 spiro atoms. The molecule has 0 saturated carbocycles. The number of carbonyl (C=O) groups excluding carboxylic acids is 1. The number of hydrogen-bond acceptors (Lipinski definition) is 3. The Kier molecular flexibility index (Phi) is 3.56. The predicted molar refractivity (Wildman–Crippen MR) is 58.6 cm³/mol. The van der Waals surface area contributed by atoms with Crippen LogP contribution in [-0.4, -0.2) is 24.3 Å². The zero-order valence-electron chi connectivity index (χ0n) is 10.4. The van der Waals surface area contributed by atoms with Crippen LogP contribution in [0.4, 0.5) is 0 Å². The Hall–Kier alpha value is -0.410. The van der Waals surface area contributed by atoms with Gasteiger partial charge in [-0.05, 0) is 20.3 Å². The summed E-state index contributed by atoms with van der Waals surface area (Å²) in [5.41, 5.74) is -0.241. The highest BCUT2D eigenvalue weighted by Gasteiger charge is 2.33. The first kappa shape index (κ1) is 12.7. The molecular formula is C12H22O3. The molecule has 1 atom stereocenters. The van der Waals surface area contributed by atoms with E-state index in [0.29, 0.717) is 13.0 Å². The summed E-state index contributed by atoms with van der Waals surface area (Å²) >= 11 is 0. The van der Waals surface area contributed by atoms with Gasteiger partial charge in [-0.25, -0.2) is 0 Å². The lowest BCUT2D eigenvalue weighted by atomic mass is 9.88. The van der Waals surface area contributed by atoms with Crippen LogP contribution in [0.25, 0.3) is 0 Å². The summed E-state index contributed by atoms with van der Waals surface area (Å²) in [6.07, 6.45) is 1.42. The van der Waals surface area contributed by atoms with E-state index in [0.717, 1.165) is 6.42 Å². The monoisotopic (exact) mass is 214 g/mol. The minimum absolute atomic E-state index is 0.0753. The van der Waals surface area contributed by atoms with Crippen LogP contribution in [0, 0.1) is 5.41 Å². The largest absolute Gasteiger partial charge is 0.348 e. The third-order valence-electron chi connectivity index (χ3n) is 2.60. The van der Waals surface area contributed by atoms with Gasteiger partial charge in [-0.1, -0.05) is 20.8 Å². The molecule has 0 aliphatic carbocycles. The van der Waals surface area contributed by atoms with E-state index in [2.05, 4.69) is 0 Å². The Bertz CT molecular complexity index is 238. The molecule has 1 aliphatic rings. The highest BCUT2D eigenvalue weighted by molar-refractivity contribution is 5.83. The quantitative estimate of drug-likeness (QED) is 0.724. The Balaban J connectivity index is 2.31. The number of Topliss-reactive ketones (excluding diaryl/α,β-unsaturated/α-hetero) is 1. The summed E-state index contributed by atoms with van der Waals surface area (Å²) in [6.45, 7) is 10.3. The molecular weight excluding hydrogens is 192 g/mol. The minimum Gasteiger partial charge on any atom is -0.348 e. The van der Waals surface area contributed by atoms with Crippen molar-refractivity contribution in [2.24, 2.45) is 5.41 Å². The van der Waals surface area contributed by atoms with Crippen LogP contribution in [0.2, 0.25) is 0 Å². The summed E-state index contributed by atoms with van der Waals surface area (Å²) in [4.78, 5) is 11.7.